The number of hydrogen-bond acceptors (Lipinski definition) is 0. The number of benzene rings is 1. The minimum atomic E-state index is 1.12. The summed E-state index contributed by atoms with van der Waals surface area (Å²) in [5.41, 5.74) is 4.96. The van der Waals surface area contributed by atoms with Crippen molar-refractivity contribution < 1.29 is 0 Å². The van der Waals surface area contributed by atoms with Gasteiger partial charge in [-0.15, -0.1) is 0 Å². The maximum Gasteiger partial charge on any atom is -0.0156 e. The lowest BCUT2D eigenvalue weighted by molar-refractivity contribution is 1.48. The summed E-state index contributed by atoms with van der Waals surface area (Å²) in [6.07, 6.45) is 2.13. The zero-order valence-corrected chi connectivity index (χ0v) is 8.59. The molecule has 0 saturated carbocycles. The van der Waals surface area contributed by atoms with Crippen LogP contribution in [0.2, 0.25) is 0 Å². The summed E-state index contributed by atoms with van der Waals surface area (Å²) >= 11 is 0. The fraction of sp³-hybridized carbons (Fsp3) is 0.231. The van der Waals surface area contributed by atoms with Crippen LogP contribution in [0.5, 0.6) is 0 Å². The van der Waals surface area contributed by atoms with Crippen LogP contribution in [0.3, 0.4) is 0 Å². The lowest BCUT2D eigenvalue weighted by atomic mass is 9.97. The average Bonchev–Trinajstić information content (AvgIpc) is 2.16. The van der Waals surface area contributed by atoms with Crippen LogP contribution in [0, 0.1) is 0 Å². The number of allylic oxidation sites excluding steroid dienone is 3. The minimum Gasteiger partial charge on any atom is -0.0955 e. The second kappa shape index (κ2) is 4.08. The lowest BCUT2D eigenvalue weighted by Gasteiger charge is -2.08. The zero-order valence-electron chi connectivity index (χ0n) is 8.59. The molecule has 0 aromatic heterocycles. The molecule has 0 heterocycles. The van der Waals surface area contributed by atoms with Crippen molar-refractivity contribution in [2.75, 3.05) is 0 Å². The maximum absolute atomic E-state index is 3.98. The third-order valence-electron chi connectivity index (χ3n) is 2.24. The third kappa shape index (κ3) is 2.09. The smallest absolute Gasteiger partial charge is 0.0156 e. The lowest BCUT2D eigenvalue weighted by Crippen LogP contribution is -1.87. The van der Waals surface area contributed by atoms with Gasteiger partial charge in [-0.2, -0.15) is 0 Å². The Morgan fingerprint density at radius 1 is 1.15 bits per heavy atom. The molecule has 0 nitrogen and oxygen atoms in total. The van der Waals surface area contributed by atoms with Crippen molar-refractivity contribution in [2.24, 2.45) is 0 Å². The minimum absolute atomic E-state index is 1.12. The first kappa shape index (κ1) is 9.79. The van der Waals surface area contributed by atoms with E-state index in [1.54, 1.807) is 0 Å². The topological polar surface area (TPSA) is 0 Å². The molecule has 0 unspecified atom stereocenters. The van der Waals surface area contributed by atoms with E-state index in [4.69, 9.17) is 0 Å². The molecule has 1 aromatic carbocycles. The summed E-state index contributed by atoms with van der Waals surface area (Å²) in [5, 5.41) is 0. The zero-order chi connectivity index (χ0) is 9.84. The van der Waals surface area contributed by atoms with Gasteiger partial charge in [-0.3, -0.25) is 0 Å². The second-order valence-electron chi connectivity index (χ2n) is 3.30. The Morgan fingerprint density at radius 3 is 2.15 bits per heavy atom. The van der Waals surface area contributed by atoms with Crippen molar-refractivity contribution in [3.8, 4) is 0 Å². The first-order valence-electron chi connectivity index (χ1n) is 4.55. The molecular formula is C13H16. The predicted octanol–water partition coefficient (Wildman–Crippen LogP) is 4.14. The van der Waals surface area contributed by atoms with E-state index in [-0.39, 0.29) is 0 Å². The Balaban J connectivity index is 3.28. The highest BCUT2D eigenvalue weighted by Crippen LogP contribution is 2.23. The van der Waals surface area contributed by atoms with Gasteiger partial charge in [0, 0.05) is 0 Å². The highest BCUT2D eigenvalue weighted by atomic mass is 14.1. The molecule has 0 spiro atoms. The molecule has 13 heavy (non-hydrogen) atoms. The molecule has 0 aliphatic rings. The Kier molecular flexibility index (Phi) is 3.07. The molecule has 0 aliphatic heterocycles. The van der Waals surface area contributed by atoms with Crippen molar-refractivity contribution in [1.29, 1.82) is 0 Å². The number of hydrogen-bond donors (Lipinski definition) is 0. The molecule has 0 bridgehead atoms. The summed E-state index contributed by atoms with van der Waals surface area (Å²) in [4.78, 5) is 0. The van der Waals surface area contributed by atoms with Gasteiger partial charge in [0.05, 0.1) is 0 Å². The van der Waals surface area contributed by atoms with Crippen LogP contribution in [-0.4, -0.2) is 0 Å². The predicted molar refractivity (Wildman–Crippen MR) is 60.5 cm³/mol. The number of rotatable bonds is 2. The summed E-state index contributed by atoms with van der Waals surface area (Å²) in [7, 11) is 0. The van der Waals surface area contributed by atoms with E-state index in [2.05, 4.69) is 50.8 Å². The first-order valence-corrected chi connectivity index (χ1v) is 4.55. The van der Waals surface area contributed by atoms with Gasteiger partial charge in [0.25, 0.3) is 0 Å². The van der Waals surface area contributed by atoms with Crippen LogP contribution in [0.15, 0.2) is 36.9 Å². The standard InChI is InChI=1S/C13H16/c1-5-11(4)13-9-7-6-8-12(13)10(2)3/h5-9H,2H2,1,3-4H3. The van der Waals surface area contributed by atoms with E-state index in [1.165, 1.54) is 16.7 Å². The molecule has 0 amide bonds. The molecule has 1 aromatic rings. The van der Waals surface area contributed by atoms with Gasteiger partial charge >= 0.3 is 0 Å². The van der Waals surface area contributed by atoms with Crippen molar-refractivity contribution in [2.45, 2.75) is 20.8 Å². The van der Waals surface area contributed by atoms with Crippen molar-refractivity contribution in [3.05, 3.63) is 48.0 Å². The van der Waals surface area contributed by atoms with Crippen LogP contribution in [-0.2, 0) is 0 Å². The van der Waals surface area contributed by atoms with Gasteiger partial charge in [-0.05, 0) is 37.5 Å². The van der Waals surface area contributed by atoms with Gasteiger partial charge in [-0.1, -0.05) is 42.5 Å². The van der Waals surface area contributed by atoms with Crippen LogP contribution < -0.4 is 0 Å². The van der Waals surface area contributed by atoms with E-state index in [9.17, 15) is 0 Å². The van der Waals surface area contributed by atoms with Gasteiger partial charge in [0.1, 0.15) is 0 Å². The van der Waals surface area contributed by atoms with Gasteiger partial charge in [0.15, 0.2) is 0 Å². The molecule has 0 heteroatoms. The van der Waals surface area contributed by atoms with E-state index in [0.717, 1.165) is 5.57 Å². The van der Waals surface area contributed by atoms with Gasteiger partial charge in [-0.25, -0.2) is 0 Å². The Hall–Kier alpha value is -1.30. The van der Waals surface area contributed by atoms with E-state index in [0.29, 0.717) is 0 Å². The molecule has 0 N–H and O–H groups in total. The Bertz CT molecular complexity index is 343. The van der Waals surface area contributed by atoms with Crippen LogP contribution >= 0.6 is 0 Å². The third-order valence-corrected chi connectivity index (χ3v) is 2.24. The van der Waals surface area contributed by atoms with Crippen LogP contribution in [0.25, 0.3) is 11.1 Å². The summed E-state index contributed by atoms with van der Waals surface area (Å²) in [6.45, 7) is 10.2. The van der Waals surface area contributed by atoms with E-state index < -0.39 is 0 Å². The summed E-state index contributed by atoms with van der Waals surface area (Å²) in [6, 6.07) is 8.37. The van der Waals surface area contributed by atoms with E-state index in [1.807, 2.05) is 6.92 Å². The fourth-order valence-corrected chi connectivity index (χ4v) is 1.35. The quantitative estimate of drug-likeness (QED) is 0.629. The summed E-state index contributed by atoms with van der Waals surface area (Å²) in [5.74, 6) is 0. The highest BCUT2D eigenvalue weighted by Gasteiger charge is 2.02. The Labute approximate surface area is 80.6 Å². The molecule has 0 saturated heterocycles. The molecule has 0 fully saturated rings. The van der Waals surface area contributed by atoms with Crippen molar-refractivity contribution in [1.82, 2.24) is 0 Å². The maximum atomic E-state index is 3.98. The Morgan fingerprint density at radius 2 is 1.69 bits per heavy atom. The second-order valence-corrected chi connectivity index (χ2v) is 3.30. The first-order chi connectivity index (χ1) is 6.16. The van der Waals surface area contributed by atoms with Crippen molar-refractivity contribution >= 4 is 11.1 Å². The molecule has 1 rings (SSSR count). The highest BCUT2D eigenvalue weighted by molar-refractivity contribution is 5.77. The monoisotopic (exact) mass is 172 g/mol. The average molecular weight is 172 g/mol. The van der Waals surface area contributed by atoms with Gasteiger partial charge in [0.2, 0.25) is 0 Å². The SMILES string of the molecule is C=C(C)c1ccccc1C(C)=CC. The van der Waals surface area contributed by atoms with Crippen LogP contribution in [0.4, 0.5) is 0 Å². The molecule has 0 aliphatic carbocycles. The molecule has 0 radical (unpaired) electrons. The van der Waals surface area contributed by atoms with Gasteiger partial charge < -0.3 is 0 Å². The van der Waals surface area contributed by atoms with E-state index >= 15 is 0 Å². The van der Waals surface area contributed by atoms with Crippen LogP contribution in [0.1, 0.15) is 31.9 Å². The summed E-state index contributed by atoms with van der Waals surface area (Å²) < 4.78 is 0. The molecule has 0 atom stereocenters. The molecular weight excluding hydrogens is 156 g/mol. The fourth-order valence-electron chi connectivity index (χ4n) is 1.35. The normalized spacial score (nSPS) is 11.5. The van der Waals surface area contributed by atoms with Crippen molar-refractivity contribution in [3.63, 3.8) is 0 Å². The molecule has 68 valence electrons. The largest absolute Gasteiger partial charge is 0.0955 e.